The van der Waals surface area contributed by atoms with Gasteiger partial charge in [-0.25, -0.2) is 0 Å². The molecule has 1 N–H and O–H groups in total. The largest absolute Gasteiger partial charge is 0.353 e. The Morgan fingerprint density at radius 2 is 1.75 bits per heavy atom. The summed E-state index contributed by atoms with van der Waals surface area (Å²) in [6.45, 7) is 10.3. The first kappa shape index (κ1) is 11.5. The Bertz CT molecular complexity index is 143. The van der Waals surface area contributed by atoms with E-state index < -0.39 is 0 Å². The monoisotopic (exact) mass is 171 g/mol. The van der Waals surface area contributed by atoms with Gasteiger partial charge in [-0.1, -0.05) is 27.7 Å². The van der Waals surface area contributed by atoms with Crippen LogP contribution < -0.4 is 5.32 Å². The van der Waals surface area contributed by atoms with Gasteiger partial charge in [-0.05, 0) is 19.3 Å². The number of rotatable bonds is 4. The summed E-state index contributed by atoms with van der Waals surface area (Å²) in [4.78, 5) is 11.4. The maximum Gasteiger partial charge on any atom is 0.223 e. The SMILES string of the molecule is CCC(C)C(=O)N[C@H](C)C(C)C. The van der Waals surface area contributed by atoms with Gasteiger partial charge in [0.2, 0.25) is 5.91 Å². The molecule has 2 nitrogen and oxygen atoms in total. The van der Waals surface area contributed by atoms with Crippen LogP contribution in [0, 0.1) is 11.8 Å². The summed E-state index contributed by atoms with van der Waals surface area (Å²) in [6, 6.07) is 0.284. The van der Waals surface area contributed by atoms with E-state index in [1.165, 1.54) is 0 Å². The first-order chi connectivity index (χ1) is 5.49. The molecular weight excluding hydrogens is 150 g/mol. The Hall–Kier alpha value is -0.530. The fourth-order valence-electron chi connectivity index (χ4n) is 0.719. The lowest BCUT2D eigenvalue weighted by atomic mass is 10.0. The predicted octanol–water partition coefficient (Wildman–Crippen LogP) is 2.19. The van der Waals surface area contributed by atoms with Crippen LogP contribution in [-0.2, 0) is 4.79 Å². The van der Waals surface area contributed by atoms with Crippen molar-refractivity contribution in [1.29, 1.82) is 0 Å². The average molecular weight is 171 g/mol. The van der Waals surface area contributed by atoms with Crippen LogP contribution in [0.15, 0.2) is 0 Å². The minimum absolute atomic E-state index is 0.145. The average Bonchev–Trinajstić information content (AvgIpc) is 2.02. The summed E-state index contributed by atoms with van der Waals surface area (Å²) in [5.74, 6) is 0.836. The topological polar surface area (TPSA) is 29.1 Å². The molecule has 0 rings (SSSR count). The smallest absolute Gasteiger partial charge is 0.223 e. The van der Waals surface area contributed by atoms with Crippen molar-refractivity contribution in [2.45, 2.75) is 47.1 Å². The van der Waals surface area contributed by atoms with Crippen molar-refractivity contribution in [3.05, 3.63) is 0 Å². The van der Waals surface area contributed by atoms with Crippen molar-refractivity contribution in [3.8, 4) is 0 Å². The highest BCUT2D eigenvalue weighted by Gasteiger charge is 2.14. The van der Waals surface area contributed by atoms with Gasteiger partial charge in [0.05, 0.1) is 0 Å². The Kier molecular flexibility index (Phi) is 4.95. The second kappa shape index (κ2) is 5.18. The third-order valence-electron chi connectivity index (χ3n) is 2.43. The van der Waals surface area contributed by atoms with Crippen molar-refractivity contribution in [2.24, 2.45) is 11.8 Å². The van der Waals surface area contributed by atoms with E-state index in [4.69, 9.17) is 0 Å². The van der Waals surface area contributed by atoms with Crippen LogP contribution in [0.25, 0.3) is 0 Å². The minimum atomic E-state index is 0.145. The number of amides is 1. The van der Waals surface area contributed by atoms with Crippen molar-refractivity contribution in [2.75, 3.05) is 0 Å². The molecule has 0 aromatic rings. The maximum absolute atomic E-state index is 11.4. The number of carbonyl (C=O) groups excluding carboxylic acids is 1. The summed E-state index contributed by atoms with van der Waals surface area (Å²) >= 11 is 0. The first-order valence-electron chi connectivity index (χ1n) is 4.79. The highest BCUT2D eigenvalue weighted by atomic mass is 16.1. The molecule has 0 spiro atoms. The number of hydrogen-bond acceptors (Lipinski definition) is 1. The van der Waals surface area contributed by atoms with Gasteiger partial charge in [-0.15, -0.1) is 0 Å². The molecule has 0 aliphatic carbocycles. The molecule has 2 atom stereocenters. The molecule has 12 heavy (non-hydrogen) atoms. The van der Waals surface area contributed by atoms with Crippen LogP contribution in [0.3, 0.4) is 0 Å². The molecule has 0 saturated heterocycles. The van der Waals surface area contributed by atoms with Crippen LogP contribution in [-0.4, -0.2) is 11.9 Å². The van der Waals surface area contributed by atoms with E-state index >= 15 is 0 Å². The molecule has 0 aromatic heterocycles. The zero-order valence-electron chi connectivity index (χ0n) is 8.85. The fourth-order valence-corrected chi connectivity index (χ4v) is 0.719. The first-order valence-corrected chi connectivity index (χ1v) is 4.79. The Balaban J connectivity index is 3.84. The van der Waals surface area contributed by atoms with Gasteiger partial charge in [0.15, 0.2) is 0 Å². The lowest BCUT2D eigenvalue weighted by Crippen LogP contribution is -2.39. The molecule has 0 fully saturated rings. The van der Waals surface area contributed by atoms with Crippen molar-refractivity contribution >= 4 is 5.91 Å². The minimum Gasteiger partial charge on any atom is -0.353 e. The molecule has 2 heteroatoms. The molecule has 1 amide bonds. The molecule has 0 radical (unpaired) electrons. The van der Waals surface area contributed by atoms with Crippen LogP contribution in [0.1, 0.15) is 41.0 Å². The molecule has 0 aromatic carbocycles. The summed E-state index contributed by atoms with van der Waals surface area (Å²) in [7, 11) is 0. The Morgan fingerprint density at radius 3 is 2.08 bits per heavy atom. The normalized spacial score (nSPS) is 15.8. The van der Waals surface area contributed by atoms with E-state index in [2.05, 4.69) is 19.2 Å². The van der Waals surface area contributed by atoms with Gasteiger partial charge >= 0.3 is 0 Å². The van der Waals surface area contributed by atoms with Gasteiger partial charge in [0, 0.05) is 12.0 Å². The summed E-state index contributed by atoms with van der Waals surface area (Å²) in [5, 5.41) is 2.99. The fraction of sp³-hybridized carbons (Fsp3) is 0.900. The van der Waals surface area contributed by atoms with Crippen LogP contribution in [0.4, 0.5) is 0 Å². The second-order valence-corrected chi connectivity index (χ2v) is 3.85. The Labute approximate surface area is 75.7 Å². The molecule has 0 bridgehead atoms. The summed E-state index contributed by atoms with van der Waals surface area (Å²) in [6.07, 6.45) is 0.913. The highest BCUT2D eigenvalue weighted by Crippen LogP contribution is 2.04. The predicted molar refractivity (Wildman–Crippen MR) is 51.9 cm³/mol. The third kappa shape index (κ3) is 3.74. The van der Waals surface area contributed by atoms with Gasteiger partial charge in [0.1, 0.15) is 0 Å². The van der Waals surface area contributed by atoms with E-state index in [1.807, 2.05) is 20.8 Å². The van der Waals surface area contributed by atoms with Gasteiger partial charge < -0.3 is 5.32 Å². The number of hydrogen-bond donors (Lipinski definition) is 1. The molecule has 0 aliphatic rings. The Morgan fingerprint density at radius 1 is 1.25 bits per heavy atom. The standard InChI is InChI=1S/C10H21NO/c1-6-8(4)10(12)11-9(5)7(2)3/h7-9H,6H2,1-5H3,(H,11,12)/t8?,9-/m1/s1. The molecule has 72 valence electrons. The van der Waals surface area contributed by atoms with Gasteiger partial charge in [0.25, 0.3) is 0 Å². The quantitative estimate of drug-likeness (QED) is 0.690. The molecule has 0 saturated carbocycles. The lowest BCUT2D eigenvalue weighted by molar-refractivity contribution is -0.125. The lowest BCUT2D eigenvalue weighted by Gasteiger charge is -2.19. The van der Waals surface area contributed by atoms with Crippen molar-refractivity contribution in [3.63, 3.8) is 0 Å². The van der Waals surface area contributed by atoms with Gasteiger partial charge in [-0.2, -0.15) is 0 Å². The van der Waals surface area contributed by atoms with E-state index in [9.17, 15) is 4.79 Å². The molecule has 0 heterocycles. The van der Waals surface area contributed by atoms with Gasteiger partial charge in [-0.3, -0.25) is 4.79 Å². The third-order valence-corrected chi connectivity index (χ3v) is 2.43. The van der Waals surface area contributed by atoms with E-state index in [0.717, 1.165) is 6.42 Å². The van der Waals surface area contributed by atoms with Crippen LogP contribution >= 0.6 is 0 Å². The van der Waals surface area contributed by atoms with Crippen molar-refractivity contribution < 1.29 is 4.79 Å². The summed E-state index contributed by atoms with van der Waals surface area (Å²) < 4.78 is 0. The number of nitrogens with one attached hydrogen (secondary N) is 1. The van der Waals surface area contributed by atoms with E-state index in [0.29, 0.717) is 5.92 Å². The maximum atomic E-state index is 11.4. The number of carbonyl (C=O) groups is 1. The van der Waals surface area contributed by atoms with Crippen LogP contribution in [0.5, 0.6) is 0 Å². The van der Waals surface area contributed by atoms with E-state index in [-0.39, 0.29) is 17.9 Å². The van der Waals surface area contributed by atoms with Crippen LogP contribution in [0.2, 0.25) is 0 Å². The zero-order valence-corrected chi connectivity index (χ0v) is 8.85. The zero-order chi connectivity index (χ0) is 9.72. The highest BCUT2D eigenvalue weighted by molar-refractivity contribution is 5.78. The molecule has 0 aliphatic heterocycles. The van der Waals surface area contributed by atoms with E-state index in [1.54, 1.807) is 0 Å². The summed E-state index contributed by atoms with van der Waals surface area (Å²) in [5.41, 5.74) is 0. The second-order valence-electron chi connectivity index (χ2n) is 3.85. The molecule has 1 unspecified atom stereocenters. The van der Waals surface area contributed by atoms with Crippen molar-refractivity contribution in [1.82, 2.24) is 5.32 Å². The molecular formula is C10H21NO.